The Bertz CT molecular complexity index is 777. The van der Waals surface area contributed by atoms with Crippen molar-refractivity contribution < 1.29 is 18.6 Å². The maximum Gasteiger partial charge on any atom is 0.166 e. The van der Waals surface area contributed by atoms with Gasteiger partial charge in [-0.25, -0.2) is 4.39 Å². The Labute approximate surface area is 194 Å². The van der Waals surface area contributed by atoms with E-state index in [1.54, 1.807) is 13.2 Å². The van der Waals surface area contributed by atoms with Crippen molar-refractivity contribution in [2.24, 2.45) is 0 Å². The highest BCUT2D eigenvalue weighted by atomic mass is 35.5. The molecule has 5 nitrogen and oxygen atoms in total. The van der Waals surface area contributed by atoms with Gasteiger partial charge in [-0.2, -0.15) is 0 Å². The molecule has 0 aliphatic carbocycles. The third-order valence-electron chi connectivity index (χ3n) is 4.69. The van der Waals surface area contributed by atoms with E-state index in [1.807, 2.05) is 18.2 Å². The number of ether oxygens (including phenoxy) is 3. The fourth-order valence-corrected chi connectivity index (χ4v) is 3.32. The summed E-state index contributed by atoms with van der Waals surface area (Å²) >= 11 is 6.11. The molecule has 9 heteroatoms. The zero-order valence-electron chi connectivity index (χ0n) is 16.9. The van der Waals surface area contributed by atoms with Crippen molar-refractivity contribution in [2.75, 3.05) is 46.5 Å². The molecule has 0 spiro atoms. The van der Waals surface area contributed by atoms with Crippen molar-refractivity contribution in [3.63, 3.8) is 0 Å². The number of hydrogen-bond acceptors (Lipinski definition) is 5. The van der Waals surface area contributed by atoms with Gasteiger partial charge in [0.25, 0.3) is 0 Å². The fourth-order valence-electron chi connectivity index (χ4n) is 3.10. The standard InChI is InChI=1S/C21H26ClFN2O3.2ClH/c1-26-20-4-2-3-16(14-24-7-8-25-9-11-27-12-10-25)21(20)28-15-17-5-6-18(23)13-19(17)22;;/h2-6,13,24H,7-12,14-15H2,1H3;2*1H. The fraction of sp³-hybridized carbons (Fsp3) is 0.429. The van der Waals surface area contributed by atoms with Gasteiger partial charge in [-0.3, -0.25) is 4.90 Å². The van der Waals surface area contributed by atoms with E-state index in [1.165, 1.54) is 12.1 Å². The highest BCUT2D eigenvalue weighted by Crippen LogP contribution is 2.32. The normalized spacial score (nSPS) is 13.8. The van der Waals surface area contributed by atoms with Crippen molar-refractivity contribution in [3.05, 3.63) is 58.4 Å². The van der Waals surface area contributed by atoms with Gasteiger partial charge in [0.1, 0.15) is 12.4 Å². The molecule has 168 valence electrons. The third-order valence-corrected chi connectivity index (χ3v) is 5.04. The third kappa shape index (κ3) is 7.76. The van der Waals surface area contributed by atoms with Gasteiger partial charge in [0, 0.05) is 43.9 Å². The monoisotopic (exact) mass is 480 g/mol. The summed E-state index contributed by atoms with van der Waals surface area (Å²) in [6.07, 6.45) is 0. The number of benzene rings is 2. The summed E-state index contributed by atoms with van der Waals surface area (Å²) in [5.41, 5.74) is 1.72. The van der Waals surface area contributed by atoms with Crippen molar-refractivity contribution >= 4 is 36.4 Å². The highest BCUT2D eigenvalue weighted by Gasteiger charge is 2.13. The van der Waals surface area contributed by atoms with Crippen LogP contribution in [0, 0.1) is 5.82 Å². The van der Waals surface area contributed by atoms with Crippen LogP contribution in [0.3, 0.4) is 0 Å². The predicted molar refractivity (Wildman–Crippen MR) is 122 cm³/mol. The Hall–Kier alpha value is -1.28. The SMILES string of the molecule is COc1cccc(CNCCN2CCOCC2)c1OCc1ccc(F)cc1Cl.Cl.Cl. The summed E-state index contributed by atoms with van der Waals surface area (Å²) in [7, 11) is 1.61. The Morgan fingerprint density at radius 1 is 1.13 bits per heavy atom. The van der Waals surface area contributed by atoms with Gasteiger partial charge in [0.2, 0.25) is 0 Å². The van der Waals surface area contributed by atoms with E-state index < -0.39 is 0 Å². The van der Waals surface area contributed by atoms with Crippen LogP contribution in [0.4, 0.5) is 4.39 Å². The van der Waals surface area contributed by atoms with Crippen molar-refractivity contribution in [1.29, 1.82) is 0 Å². The van der Waals surface area contributed by atoms with Crippen molar-refractivity contribution in [3.8, 4) is 11.5 Å². The van der Waals surface area contributed by atoms with Gasteiger partial charge in [-0.15, -0.1) is 24.8 Å². The van der Waals surface area contributed by atoms with Gasteiger partial charge in [-0.05, 0) is 18.2 Å². The average molecular weight is 482 g/mol. The van der Waals surface area contributed by atoms with Crippen LogP contribution in [0.25, 0.3) is 0 Å². The first-order valence-electron chi connectivity index (χ1n) is 9.41. The lowest BCUT2D eigenvalue weighted by molar-refractivity contribution is 0.0384. The lowest BCUT2D eigenvalue weighted by atomic mass is 10.1. The first-order valence-corrected chi connectivity index (χ1v) is 9.78. The van der Waals surface area contributed by atoms with Crippen LogP contribution in [0.5, 0.6) is 11.5 Å². The molecule has 0 bridgehead atoms. The van der Waals surface area contributed by atoms with E-state index in [0.717, 1.165) is 50.5 Å². The van der Waals surface area contributed by atoms with Crippen LogP contribution >= 0.6 is 36.4 Å². The van der Waals surface area contributed by atoms with Gasteiger partial charge in [-0.1, -0.05) is 29.8 Å². The van der Waals surface area contributed by atoms with E-state index in [-0.39, 0.29) is 37.2 Å². The number of halogens is 4. The molecular formula is C21H28Cl3FN2O3. The van der Waals surface area contributed by atoms with E-state index in [0.29, 0.717) is 23.1 Å². The predicted octanol–water partition coefficient (Wildman–Crippen LogP) is 4.33. The highest BCUT2D eigenvalue weighted by molar-refractivity contribution is 6.31. The van der Waals surface area contributed by atoms with Crippen LogP contribution < -0.4 is 14.8 Å². The molecule has 1 heterocycles. The minimum absolute atomic E-state index is 0. The topological polar surface area (TPSA) is 43.0 Å². The van der Waals surface area contributed by atoms with Crippen LogP contribution in [-0.4, -0.2) is 51.4 Å². The average Bonchev–Trinajstić information content (AvgIpc) is 2.71. The summed E-state index contributed by atoms with van der Waals surface area (Å²) in [4.78, 5) is 2.38. The Kier molecular flexibility index (Phi) is 12.4. The molecule has 30 heavy (non-hydrogen) atoms. The molecule has 0 unspecified atom stereocenters. The lowest BCUT2D eigenvalue weighted by Crippen LogP contribution is -2.40. The Morgan fingerprint density at radius 2 is 1.90 bits per heavy atom. The number of morpholine rings is 1. The van der Waals surface area contributed by atoms with E-state index in [9.17, 15) is 4.39 Å². The van der Waals surface area contributed by atoms with Crippen LogP contribution in [0.2, 0.25) is 5.02 Å². The number of rotatable bonds is 9. The number of para-hydroxylation sites is 1. The zero-order chi connectivity index (χ0) is 19.8. The quantitative estimate of drug-likeness (QED) is 0.540. The summed E-state index contributed by atoms with van der Waals surface area (Å²) < 4.78 is 30.1. The maximum absolute atomic E-state index is 13.2. The van der Waals surface area contributed by atoms with Crippen LogP contribution in [0.1, 0.15) is 11.1 Å². The maximum atomic E-state index is 13.2. The number of nitrogens with zero attached hydrogens (tertiary/aromatic N) is 1. The second kappa shape index (κ2) is 13.9. The van der Waals surface area contributed by atoms with E-state index >= 15 is 0 Å². The van der Waals surface area contributed by atoms with Crippen LogP contribution in [-0.2, 0) is 17.9 Å². The molecule has 2 aromatic rings. The molecule has 0 saturated carbocycles. The van der Waals surface area contributed by atoms with E-state index in [2.05, 4.69) is 10.2 Å². The summed E-state index contributed by atoms with van der Waals surface area (Å²) in [6.45, 7) is 6.32. The molecule has 0 aromatic heterocycles. The van der Waals surface area contributed by atoms with Crippen molar-refractivity contribution in [2.45, 2.75) is 13.2 Å². The van der Waals surface area contributed by atoms with E-state index in [4.69, 9.17) is 25.8 Å². The molecule has 1 aliphatic rings. The van der Waals surface area contributed by atoms with Crippen LogP contribution in [0.15, 0.2) is 36.4 Å². The molecule has 0 amide bonds. The largest absolute Gasteiger partial charge is 0.493 e. The number of hydrogen-bond donors (Lipinski definition) is 1. The zero-order valence-corrected chi connectivity index (χ0v) is 19.3. The summed E-state index contributed by atoms with van der Waals surface area (Å²) in [6, 6.07) is 10.1. The minimum atomic E-state index is -0.365. The summed E-state index contributed by atoms with van der Waals surface area (Å²) in [5.74, 6) is 0.964. The summed E-state index contributed by atoms with van der Waals surface area (Å²) in [5, 5.41) is 3.81. The molecule has 0 radical (unpaired) electrons. The molecule has 3 rings (SSSR count). The smallest absolute Gasteiger partial charge is 0.166 e. The van der Waals surface area contributed by atoms with Gasteiger partial charge in [0.05, 0.1) is 25.3 Å². The van der Waals surface area contributed by atoms with Gasteiger partial charge < -0.3 is 19.5 Å². The number of methoxy groups -OCH3 is 1. The first kappa shape index (κ1) is 26.8. The molecule has 1 N–H and O–H groups in total. The molecule has 1 fully saturated rings. The minimum Gasteiger partial charge on any atom is -0.493 e. The van der Waals surface area contributed by atoms with Gasteiger partial charge in [0.15, 0.2) is 11.5 Å². The van der Waals surface area contributed by atoms with Crippen molar-refractivity contribution in [1.82, 2.24) is 10.2 Å². The second-order valence-corrected chi connectivity index (χ2v) is 7.01. The first-order chi connectivity index (χ1) is 13.7. The Morgan fingerprint density at radius 3 is 2.60 bits per heavy atom. The van der Waals surface area contributed by atoms with Gasteiger partial charge >= 0.3 is 0 Å². The molecule has 2 aromatic carbocycles. The number of nitrogens with one attached hydrogen (secondary N) is 1. The lowest BCUT2D eigenvalue weighted by Gasteiger charge is -2.26. The second-order valence-electron chi connectivity index (χ2n) is 6.60. The molecule has 1 saturated heterocycles. The molecule has 1 aliphatic heterocycles. The molecular weight excluding hydrogens is 454 g/mol. The molecule has 0 atom stereocenters. The Balaban J connectivity index is 0.00000225.